The number of piperidine rings is 1. The number of benzene rings is 2. The molecule has 1 amide bonds. The van der Waals surface area contributed by atoms with Gasteiger partial charge >= 0.3 is 0 Å². The summed E-state index contributed by atoms with van der Waals surface area (Å²) in [7, 11) is -3.52. The lowest BCUT2D eigenvalue weighted by atomic mass is 10.0. The maximum Gasteiger partial charge on any atom is 0.262 e. The minimum Gasteiger partial charge on any atom is -0.482 e. The molecule has 0 spiro atoms. The van der Waals surface area contributed by atoms with Crippen LogP contribution in [-0.4, -0.2) is 38.3 Å². The van der Waals surface area contributed by atoms with Crippen molar-refractivity contribution in [2.24, 2.45) is 5.92 Å². The van der Waals surface area contributed by atoms with Gasteiger partial charge in [0.25, 0.3) is 5.91 Å². The molecule has 6 nitrogen and oxygen atoms in total. The molecule has 0 aromatic heterocycles. The third kappa shape index (κ3) is 5.63. The number of halogens is 2. The van der Waals surface area contributed by atoms with Crippen molar-refractivity contribution >= 4 is 44.8 Å². The zero-order chi connectivity index (χ0) is 21.0. The average Bonchev–Trinajstić information content (AvgIpc) is 2.68. The van der Waals surface area contributed by atoms with Crippen LogP contribution in [0.2, 0.25) is 10.0 Å². The summed E-state index contributed by atoms with van der Waals surface area (Å²) in [6.45, 7) is 2.88. The number of carbonyl (C=O) groups excluding carboxylic acids is 1. The summed E-state index contributed by atoms with van der Waals surface area (Å²) in [5.74, 6) is 0.311. The van der Waals surface area contributed by atoms with E-state index >= 15 is 0 Å². The first-order chi connectivity index (χ1) is 13.8. The van der Waals surface area contributed by atoms with Gasteiger partial charge in [-0.25, -0.2) is 8.42 Å². The van der Waals surface area contributed by atoms with Crippen molar-refractivity contribution in [3.8, 4) is 5.75 Å². The second-order valence-corrected chi connectivity index (χ2v) is 9.83. The van der Waals surface area contributed by atoms with Crippen molar-refractivity contribution in [1.82, 2.24) is 4.31 Å². The zero-order valence-electron chi connectivity index (χ0n) is 15.9. The van der Waals surface area contributed by atoms with Gasteiger partial charge in [0.1, 0.15) is 5.75 Å². The quantitative estimate of drug-likeness (QED) is 0.697. The first-order valence-electron chi connectivity index (χ1n) is 9.23. The Bertz CT molecular complexity index is 980. The van der Waals surface area contributed by atoms with Crippen LogP contribution in [0.25, 0.3) is 0 Å². The Kier molecular flexibility index (Phi) is 7.05. The fraction of sp³-hybridized carbons (Fsp3) is 0.350. The fourth-order valence-electron chi connectivity index (χ4n) is 3.16. The van der Waals surface area contributed by atoms with Crippen LogP contribution in [0.1, 0.15) is 19.8 Å². The number of rotatable bonds is 6. The molecule has 1 saturated heterocycles. The molecule has 2 aromatic rings. The maximum absolute atomic E-state index is 12.8. The van der Waals surface area contributed by atoms with Crippen molar-refractivity contribution < 1.29 is 17.9 Å². The highest BCUT2D eigenvalue weighted by atomic mass is 35.5. The lowest BCUT2D eigenvalue weighted by Gasteiger charge is -2.30. The monoisotopic (exact) mass is 456 g/mol. The second kappa shape index (κ2) is 9.34. The van der Waals surface area contributed by atoms with Gasteiger partial charge in [0.05, 0.1) is 9.92 Å². The van der Waals surface area contributed by atoms with E-state index in [9.17, 15) is 13.2 Å². The molecule has 156 valence electrons. The highest BCUT2D eigenvalue weighted by molar-refractivity contribution is 7.89. The van der Waals surface area contributed by atoms with Gasteiger partial charge in [-0.3, -0.25) is 4.79 Å². The van der Waals surface area contributed by atoms with Crippen LogP contribution in [0, 0.1) is 5.92 Å². The number of nitrogens with zero attached hydrogens (tertiary/aromatic N) is 1. The van der Waals surface area contributed by atoms with Gasteiger partial charge in [-0.05, 0) is 61.2 Å². The number of anilines is 1. The molecule has 0 saturated carbocycles. The Hall–Kier alpha value is -1.80. The van der Waals surface area contributed by atoms with E-state index in [1.165, 1.54) is 22.5 Å². The molecule has 9 heteroatoms. The Morgan fingerprint density at radius 1 is 1.21 bits per heavy atom. The SMILES string of the molecule is CC1CCCN(S(=O)(=O)c2ccc(NC(=O)COc3ccc(Cl)cc3Cl)cc2)C1. The highest BCUT2D eigenvalue weighted by Crippen LogP contribution is 2.27. The largest absolute Gasteiger partial charge is 0.482 e. The number of ether oxygens (including phenoxy) is 1. The molecule has 0 bridgehead atoms. The molecule has 0 radical (unpaired) electrons. The summed E-state index contributed by atoms with van der Waals surface area (Å²) in [4.78, 5) is 12.3. The summed E-state index contributed by atoms with van der Waals surface area (Å²) >= 11 is 11.8. The summed E-state index contributed by atoms with van der Waals surface area (Å²) in [6, 6.07) is 10.9. The van der Waals surface area contributed by atoms with E-state index in [4.69, 9.17) is 27.9 Å². The molecule has 0 aliphatic carbocycles. The van der Waals surface area contributed by atoms with Crippen molar-refractivity contribution in [3.05, 3.63) is 52.5 Å². The van der Waals surface area contributed by atoms with E-state index in [1.807, 2.05) is 0 Å². The topological polar surface area (TPSA) is 75.7 Å². The second-order valence-electron chi connectivity index (χ2n) is 7.05. The van der Waals surface area contributed by atoms with Gasteiger partial charge in [-0.15, -0.1) is 0 Å². The molecule has 2 aromatic carbocycles. The van der Waals surface area contributed by atoms with Crippen LogP contribution in [0.15, 0.2) is 47.4 Å². The Morgan fingerprint density at radius 3 is 2.59 bits per heavy atom. The van der Waals surface area contributed by atoms with E-state index in [0.717, 1.165) is 12.8 Å². The van der Waals surface area contributed by atoms with Crippen LogP contribution in [-0.2, 0) is 14.8 Å². The molecule has 29 heavy (non-hydrogen) atoms. The first kappa shape index (κ1) is 21.9. The van der Waals surface area contributed by atoms with E-state index in [0.29, 0.717) is 40.5 Å². The van der Waals surface area contributed by atoms with Crippen LogP contribution in [0.3, 0.4) is 0 Å². The third-order valence-electron chi connectivity index (χ3n) is 4.65. The smallest absolute Gasteiger partial charge is 0.262 e. The minimum atomic E-state index is -3.52. The van der Waals surface area contributed by atoms with Gasteiger partial charge in [0.2, 0.25) is 10.0 Å². The molecule has 1 fully saturated rings. The van der Waals surface area contributed by atoms with E-state index < -0.39 is 15.9 Å². The Balaban J connectivity index is 1.59. The number of amides is 1. The van der Waals surface area contributed by atoms with Gasteiger partial charge in [0, 0.05) is 23.8 Å². The van der Waals surface area contributed by atoms with E-state index in [-0.39, 0.29) is 11.5 Å². The van der Waals surface area contributed by atoms with Crippen LogP contribution < -0.4 is 10.1 Å². The van der Waals surface area contributed by atoms with Gasteiger partial charge in [-0.2, -0.15) is 4.31 Å². The van der Waals surface area contributed by atoms with Crippen molar-refractivity contribution in [2.45, 2.75) is 24.7 Å². The third-order valence-corrected chi connectivity index (χ3v) is 7.06. The molecule has 1 aliphatic heterocycles. The molecule has 1 unspecified atom stereocenters. The molecule has 1 N–H and O–H groups in total. The Labute approximate surface area is 180 Å². The number of hydrogen-bond acceptors (Lipinski definition) is 4. The first-order valence-corrected chi connectivity index (χ1v) is 11.4. The molecule has 3 rings (SSSR count). The predicted molar refractivity (Wildman–Crippen MR) is 114 cm³/mol. The summed E-state index contributed by atoms with van der Waals surface area (Å²) in [5.41, 5.74) is 0.478. The van der Waals surface area contributed by atoms with Crippen LogP contribution >= 0.6 is 23.2 Å². The lowest BCUT2D eigenvalue weighted by Crippen LogP contribution is -2.39. The van der Waals surface area contributed by atoms with Crippen molar-refractivity contribution in [3.63, 3.8) is 0 Å². The Morgan fingerprint density at radius 2 is 1.93 bits per heavy atom. The molecular weight excluding hydrogens is 435 g/mol. The average molecular weight is 457 g/mol. The van der Waals surface area contributed by atoms with Gasteiger partial charge in [-0.1, -0.05) is 30.1 Å². The number of carbonyl (C=O) groups is 1. The summed E-state index contributed by atoms with van der Waals surface area (Å²) < 4.78 is 32.5. The standard InChI is InChI=1S/C20H22Cl2N2O4S/c1-14-3-2-10-24(12-14)29(26,27)17-7-5-16(6-8-17)23-20(25)13-28-19-9-4-15(21)11-18(19)22/h4-9,11,14H,2-3,10,12-13H2,1H3,(H,23,25). The molecule has 1 aliphatic rings. The highest BCUT2D eigenvalue weighted by Gasteiger charge is 2.28. The summed E-state index contributed by atoms with van der Waals surface area (Å²) in [5, 5.41) is 3.45. The number of hydrogen-bond donors (Lipinski definition) is 1. The lowest BCUT2D eigenvalue weighted by molar-refractivity contribution is -0.118. The van der Waals surface area contributed by atoms with E-state index in [2.05, 4.69) is 12.2 Å². The zero-order valence-corrected chi connectivity index (χ0v) is 18.2. The number of sulfonamides is 1. The fourth-order valence-corrected chi connectivity index (χ4v) is 5.22. The normalized spacial score (nSPS) is 17.7. The van der Waals surface area contributed by atoms with Crippen LogP contribution in [0.5, 0.6) is 5.75 Å². The molecular formula is C20H22Cl2N2O4S. The number of nitrogens with one attached hydrogen (secondary N) is 1. The predicted octanol–water partition coefficient (Wildman–Crippen LogP) is 4.43. The molecule has 1 heterocycles. The van der Waals surface area contributed by atoms with Crippen molar-refractivity contribution in [2.75, 3.05) is 25.0 Å². The van der Waals surface area contributed by atoms with Gasteiger partial charge in [0.15, 0.2) is 6.61 Å². The minimum absolute atomic E-state index is 0.216. The van der Waals surface area contributed by atoms with E-state index in [1.54, 1.807) is 24.3 Å². The summed E-state index contributed by atoms with van der Waals surface area (Å²) in [6.07, 6.45) is 1.91. The molecule has 1 atom stereocenters. The van der Waals surface area contributed by atoms with Gasteiger partial charge < -0.3 is 10.1 Å². The van der Waals surface area contributed by atoms with Crippen LogP contribution in [0.4, 0.5) is 5.69 Å². The maximum atomic E-state index is 12.8. The van der Waals surface area contributed by atoms with Crippen molar-refractivity contribution in [1.29, 1.82) is 0 Å².